The van der Waals surface area contributed by atoms with Gasteiger partial charge >= 0.3 is 0 Å². The van der Waals surface area contributed by atoms with Crippen molar-refractivity contribution < 1.29 is 4.39 Å². The average Bonchev–Trinajstić information content (AvgIpc) is 2.77. The van der Waals surface area contributed by atoms with E-state index in [2.05, 4.69) is 0 Å². The number of hydrogen-bond acceptors (Lipinski definition) is 1. The van der Waals surface area contributed by atoms with Crippen LogP contribution in [0.25, 0.3) is 0 Å². The monoisotopic (exact) mass is 191 g/mol. The number of aryl methyl sites for hydroxylation is 1. The summed E-state index contributed by atoms with van der Waals surface area (Å²) in [6.07, 6.45) is 4.37. The first-order chi connectivity index (χ1) is 6.69. The molecule has 2 N–H and O–H groups in total. The van der Waals surface area contributed by atoms with Crippen LogP contribution in [0, 0.1) is 5.82 Å². The fourth-order valence-electron chi connectivity index (χ4n) is 2.68. The van der Waals surface area contributed by atoms with Gasteiger partial charge in [-0.05, 0) is 48.9 Å². The van der Waals surface area contributed by atoms with E-state index in [0.717, 1.165) is 25.7 Å². The zero-order valence-electron chi connectivity index (χ0n) is 8.09. The van der Waals surface area contributed by atoms with Gasteiger partial charge < -0.3 is 5.73 Å². The highest BCUT2D eigenvalue weighted by Crippen LogP contribution is 2.50. The van der Waals surface area contributed by atoms with Gasteiger partial charge in [0, 0.05) is 11.5 Å². The van der Waals surface area contributed by atoms with Crippen molar-refractivity contribution in [2.45, 2.75) is 37.1 Å². The molecule has 1 unspecified atom stereocenters. The number of nitrogens with two attached hydrogens (primary N) is 1. The minimum atomic E-state index is -0.119. The Morgan fingerprint density at radius 1 is 1.36 bits per heavy atom. The fourth-order valence-corrected chi connectivity index (χ4v) is 2.68. The molecule has 14 heavy (non-hydrogen) atoms. The number of hydrogen-bond donors (Lipinski definition) is 1. The third-order valence-corrected chi connectivity index (χ3v) is 3.70. The Bertz CT molecular complexity index is 382. The Labute approximate surface area is 83.1 Å². The molecular formula is C12H14FN. The summed E-state index contributed by atoms with van der Waals surface area (Å²) in [5.74, 6) is 0.365. The van der Waals surface area contributed by atoms with Crippen molar-refractivity contribution in [2.75, 3.05) is 0 Å². The smallest absolute Gasteiger partial charge is 0.123 e. The zero-order valence-corrected chi connectivity index (χ0v) is 8.09. The van der Waals surface area contributed by atoms with Gasteiger partial charge in [0.15, 0.2) is 0 Å². The van der Waals surface area contributed by atoms with Crippen LogP contribution in [0.4, 0.5) is 4.39 Å². The lowest BCUT2D eigenvalue weighted by atomic mass is 9.92. The van der Waals surface area contributed by atoms with Crippen molar-refractivity contribution >= 4 is 0 Å². The minimum Gasteiger partial charge on any atom is -0.325 e. The van der Waals surface area contributed by atoms with E-state index in [9.17, 15) is 4.39 Å². The summed E-state index contributed by atoms with van der Waals surface area (Å²) in [4.78, 5) is 0. The molecule has 74 valence electrons. The summed E-state index contributed by atoms with van der Waals surface area (Å²) in [7, 11) is 0. The maximum Gasteiger partial charge on any atom is 0.123 e. The van der Waals surface area contributed by atoms with E-state index in [-0.39, 0.29) is 11.4 Å². The van der Waals surface area contributed by atoms with Crippen LogP contribution >= 0.6 is 0 Å². The predicted octanol–water partition coefficient (Wildman–Crippen LogP) is 2.35. The summed E-state index contributed by atoms with van der Waals surface area (Å²) in [5.41, 5.74) is 8.73. The van der Waals surface area contributed by atoms with E-state index in [1.807, 2.05) is 6.07 Å². The van der Waals surface area contributed by atoms with E-state index in [1.165, 1.54) is 11.1 Å². The Hall–Kier alpha value is -0.890. The molecule has 1 nitrogen and oxygen atoms in total. The third-order valence-electron chi connectivity index (χ3n) is 3.70. The Balaban J connectivity index is 2.02. The van der Waals surface area contributed by atoms with Crippen molar-refractivity contribution in [2.24, 2.45) is 5.73 Å². The zero-order chi connectivity index (χ0) is 9.76. The van der Waals surface area contributed by atoms with Crippen molar-refractivity contribution in [3.8, 4) is 0 Å². The molecule has 2 aliphatic carbocycles. The van der Waals surface area contributed by atoms with Gasteiger partial charge in [0.1, 0.15) is 5.82 Å². The van der Waals surface area contributed by atoms with Gasteiger partial charge in [-0.25, -0.2) is 4.39 Å². The first-order valence-corrected chi connectivity index (χ1v) is 5.26. The standard InChI is InChI=1S/C12H14FN/c13-9-2-3-10-8(7-9)1-4-11(10)12(14)5-6-12/h2-3,7,11H,1,4-6,14H2. The molecule has 0 aromatic heterocycles. The lowest BCUT2D eigenvalue weighted by molar-refractivity contribution is 0.516. The van der Waals surface area contributed by atoms with Crippen molar-refractivity contribution in [1.82, 2.24) is 0 Å². The summed E-state index contributed by atoms with van der Waals surface area (Å²) in [6.45, 7) is 0. The highest BCUT2D eigenvalue weighted by Gasteiger charge is 2.48. The maximum atomic E-state index is 13.0. The Kier molecular flexibility index (Phi) is 1.55. The Morgan fingerprint density at radius 2 is 2.14 bits per heavy atom. The third kappa shape index (κ3) is 1.10. The second-order valence-corrected chi connectivity index (χ2v) is 4.67. The molecule has 3 rings (SSSR count). The van der Waals surface area contributed by atoms with Crippen LogP contribution in [-0.2, 0) is 6.42 Å². The van der Waals surface area contributed by atoms with Crippen LogP contribution in [0.5, 0.6) is 0 Å². The Morgan fingerprint density at radius 3 is 2.86 bits per heavy atom. The largest absolute Gasteiger partial charge is 0.325 e. The topological polar surface area (TPSA) is 26.0 Å². The molecule has 2 aliphatic rings. The number of halogens is 1. The van der Waals surface area contributed by atoms with Gasteiger partial charge in [0.2, 0.25) is 0 Å². The summed E-state index contributed by atoms with van der Waals surface area (Å²) in [6, 6.07) is 5.15. The van der Waals surface area contributed by atoms with Crippen LogP contribution in [0.3, 0.4) is 0 Å². The van der Waals surface area contributed by atoms with Gasteiger partial charge in [-0.2, -0.15) is 0 Å². The highest BCUT2D eigenvalue weighted by atomic mass is 19.1. The first-order valence-electron chi connectivity index (χ1n) is 5.26. The molecule has 1 aromatic carbocycles. The predicted molar refractivity (Wildman–Crippen MR) is 53.6 cm³/mol. The molecule has 0 bridgehead atoms. The van der Waals surface area contributed by atoms with Crippen molar-refractivity contribution in [3.05, 3.63) is 35.1 Å². The lowest BCUT2D eigenvalue weighted by Gasteiger charge is -2.18. The van der Waals surface area contributed by atoms with Gasteiger partial charge in [0.25, 0.3) is 0 Å². The van der Waals surface area contributed by atoms with Crippen molar-refractivity contribution in [3.63, 3.8) is 0 Å². The molecule has 1 atom stereocenters. The van der Waals surface area contributed by atoms with Crippen LogP contribution in [0.15, 0.2) is 18.2 Å². The maximum absolute atomic E-state index is 13.0. The number of fused-ring (bicyclic) bond motifs is 1. The highest BCUT2D eigenvalue weighted by molar-refractivity contribution is 5.39. The van der Waals surface area contributed by atoms with Crippen molar-refractivity contribution in [1.29, 1.82) is 0 Å². The van der Waals surface area contributed by atoms with E-state index >= 15 is 0 Å². The van der Waals surface area contributed by atoms with Gasteiger partial charge in [-0.3, -0.25) is 0 Å². The second kappa shape index (κ2) is 2.57. The van der Waals surface area contributed by atoms with E-state index in [4.69, 9.17) is 5.73 Å². The lowest BCUT2D eigenvalue weighted by Crippen LogP contribution is -2.29. The molecular weight excluding hydrogens is 177 g/mol. The quantitative estimate of drug-likeness (QED) is 0.724. The molecule has 0 spiro atoms. The van der Waals surface area contributed by atoms with Gasteiger partial charge in [0.05, 0.1) is 0 Å². The van der Waals surface area contributed by atoms with E-state index in [0.29, 0.717) is 5.92 Å². The van der Waals surface area contributed by atoms with Gasteiger partial charge in [-0.1, -0.05) is 6.07 Å². The van der Waals surface area contributed by atoms with Crippen LogP contribution in [0.2, 0.25) is 0 Å². The second-order valence-electron chi connectivity index (χ2n) is 4.67. The molecule has 1 aromatic rings. The molecule has 0 amide bonds. The van der Waals surface area contributed by atoms with Crippen LogP contribution in [-0.4, -0.2) is 5.54 Å². The molecule has 1 saturated carbocycles. The first kappa shape index (κ1) is 8.42. The number of benzene rings is 1. The molecule has 0 radical (unpaired) electrons. The molecule has 0 saturated heterocycles. The van der Waals surface area contributed by atoms with E-state index in [1.54, 1.807) is 12.1 Å². The molecule has 0 heterocycles. The SMILES string of the molecule is NC1(C2CCc3cc(F)ccc32)CC1. The summed E-state index contributed by atoms with van der Waals surface area (Å²) in [5, 5.41) is 0. The summed E-state index contributed by atoms with van der Waals surface area (Å²) >= 11 is 0. The molecule has 0 aliphatic heterocycles. The minimum absolute atomic E-state index is 0.0447. The molecule has 2 heteroatoms. The normalized spacial score (nSPS) is 27.4. The molecule has 1 fully saturated rings. The number of rotatable bonds is 1. The van der Waals surface area contributed by atoms with Gasteiger partial charge in [-0.15, -0.1) is 0 Å². The summed E-state index contributed by atoms with van der Waals surface area (Å²) < 4.78 is 13.0. The van der Waals surface area contributed by atoms with Crippen LogP contribution < -0.4 is 5.73 Å². The van der Waals surface area contributed by atoms with E-state index < -0.39 is 0 Å². The average molecular weight is 191 g/mol. The van der Waals surface area contributed by atoms with Crippen LogP contribution in [0.1, 0.15) is 36.3 Å². The fraction of sp³-hybridized carbons (Fsp3) is 0.500.